The third-order valence-electron chi connectivity index (χ3n) is 3.47. The van der Waals surface area contributed by atoms with Crippen LogP contribution in [0.1, 0.15) is 38.7 Å². The average Bonchev–Trinajstić information content (AvgIpc) is 3.27. The number of aliphatic hydroxyl groups is 1. The fourth-order valence-electron chi connectivity index (χ4n) is 2.14. The predicted molar refractivity (Wildman–Crippen MR) is 88.3 cm³/mol. The summed E-state index contributed by atoms with van der Waals surface area (Å²) in [6.07, 6.45) is 4.78. The van der Waals surface area contributed by atoms with Gasteiger partial charge in [0.2, 0.25) is 0 Å². The zero-order valence-electron chi connectivity index (χ0n) is 13.1. The minimum absolute atomic E-state index is 0.575. The second kappa shape index (κ2) is 6.72. The summed E-state index contributed by atoms with van der Waals surface area (Å²) in [6.45, 7) is 4.25. The summed E-state index contributed by atoms with van der Waals surface area (Å²) in [5.41, 5.74) is 2.67. The topological polar surface area (TPSA) is 45.1 Å². The molecule has 2 aromatic rings. The largest absolute Gasteiger partial charge is 0.385 e. The Morgan fingerprint density at radius 3 is 2.43 bits per heavy atom. The smallest absolute Gasteiger partial charge is 0.126 e. The summed E-state index contributed by atoms with van der Waals surface area (Å²) in [5, 5.41) is 13.2. The van der Waals surface area contributed by atoms with Crippen LogP contribution < -0.4 is 5.32 Å². The Morgan fingerprint density at radius 2 is 1.81 bits per heavy atom. The van der Waals surface area contributed by atoms with E-state index < -0.39 is 5.60 Å². The Bertz CT molecular complexity index is 591. The van der Waals surface area contributed by atoms with E-state index in [4.69, 9.17) is 0 Å². The van der Waals surface area contributed by atoms with E-state index in [2.05, 4.69) is 36.3 Å². The second-order valence-electron chi connectivity index (χ2n) is 5.50. The Balaban J connectivity index is 0.000000497. The van der Waals surface area contributed by atoms with Crippen molar-refractivity contribution in [3.05, 3.63) is 48.2 Å². The lowest BCUT2D eigenvalue weighted by atomic mass is 10.0. The van der Waals surface area contributed by atoms with E-state index in [-0.39, 0.29) is 0 Å². The maximum Gasteiger partial charge on any atom is 0.126 e. The molecule has 0 aliphatic heterocycles. The maximum absolute atomic E-state index is 10.1. The molecule has 1 fully saturated rings. The summed E-state index contributed by atoms with van der Waals surface area (Å²) in [6, 6.07) is 12.1. The molecule has 1 aromatic heterocycles. The number of anilines is 1. The number of rotatable bonds is 3. The Hall–Kier alpha value is -1.87. The molecule has 0 spiro atoms. The van der Waals surface area contributed by atoms with Crippen LogP contribution in [0.3, 0.4) is 0 Å². The third-order valence-corrected chi connectivity index (χ3v) is 3.47. The molecular weight excluding hydrogens is 260 g/mol. The van der Waals surface area contributed by atoms with E-state index >= 15 is 0 Å². The van der Waals surface area contributed by atoms with Gasteiger partial charge in [0, 0.05) is 13.2 Å². The van der Waals surface area contributed by atoms with Crippen molar-refractivity contribution in [1.82, 2.24) is 4.98 Å². The highest BCUT2D eigenvalue weighted by Gasteiger charge is 2.42. The zero-order valence-corrected chi connectivity index (χ0v) is 13.1. The molecule has 1 aliphatic rings. The molecule has 0 amide bonds. The van der Waals surface area contributed by atoms with Crippen LogP contribution in [-0.2, 0) is 5.60 Å². The van der Waals surface area contributed by atoms with Crippen LogP contribution in [-0.4, -0.2) is 17.1 Å². The summed E-state index contributed by atoms with van der Waals surface area (Å²) in [7, 11) is 1.86. The van der Waals surface area contributed by atoms with Gasteiger partial charge in [-0.25, -0.2) is 4.98 Å². The Morgan fingerprint density at radius 1 is 1.14 bits per heavy atom. The van der Waals surface area contributed by atoms with E-state index in [1.807, 2.05) is 31.3 Å². The van der Waals surface area contributed by atoms with Gasteiger partial charge in [-0.3, -0.25) is 0 Å². The van der Waals surface area contributed by atoms with Crippen molar-refractivity contribution in [2.75, 3.05) is 12.4 Å². The fourth-order valence-corrected chi connectivity index (χ4v) is 2.14. The van der Waals surface area contributed by atoms with Crippen molar-refractivity contribution in [1.29, 1.82) is 0 Å². The summed E-state index contributed by atoms with van der Waals surface area (Å²) in [4.78, 5) is 4.21. The monoisotopic (exact) mass is 284 g/mol. The second-order valence-corrected chi connectivity index (χ2v) is 5.50. The lowest BCUT2D eigenvalue weighted by molar-refractivity contribution is 0.151. The number of pyridine rings is 1. The maximum atomic E-state index is 10.1. The predicted octanol–water partition coefficient (Wildman–Crippen LogP) is 4.19. The van der Waals surface area contributed by atoms with Gasteiger partial charge < -0.3 is 10.4 Å². The molecule has 1 aromatic carbocycles. The number of aromatic nitrogens is 1. The molecule has 0 unspecified atom stereocenters. The summed E-state index contributed by atoms with van der Waals surface area (Å²) < 4.78 is 0. The molecule has 1 aliphatic carbocycles. The highest BCUT2D eigenvalue weighted by atomic mass is 16.3. The van der Waals surface area contributed by atoms with Crippen molar-refractivity contribution in [2.45, 2.75) is 38.7 Å². The standard InChI is InChI=1S/C15H16N2O.C3H8/c1-16-14-10-12(5-8-17-14)11-3-2-4-13(9-11)15(18)6-7-15;1-3-2/h2-5,8-10,18H,6-7H2,1H3,(H,16,17);3H2,1-2H3. The van der Waals surface area contributed by atoms with Gasteiger partial charge >= 0.3 is 0 Å². The van der Waals surface area contributed by atoms with Crippen LogP contribution in [0.5, 0.6) is 0 Å². The summed E-state index contributed by atoms with van der Waals surface area (Å²) in [5.74, 6) is 0.850. The van der Waals surface area contributed by atoms with E-state index in [0.717, 1.165) is 35.3 Å². The molecule has 3 rings (SSSR count). The van der Waals surface area contributed by atoms with E-state index in [1.165, 1.54) is 6.42 Å². The van der Waals surface area contributed by atoms with E-state index in [0.29, 0.717) is 0 Å². The number of hydrogen-bond donors (Lipinski definition) is 2. The van der Waals surface area contributed by atoms with Gasteiger partial charge in [-0.05, 0) is 47.7 Å². The molecular formula is C18H24N2O. The van der Waals surface area contributed by atoms with Crippen molar-refractivity contribution < 1.29 is 5.11 Å². The van der Waals surface area contributed by atoms with E-state index in [9.17, 15) is 5.11 Å². The first-order valence-electron chi connectivity index (χ1n) is 7.60. The lowest BCUT2D eigenvalue weighted by Crippen LogP contribution is -2.03. The van der Waals surface area contributed by atoms with Crippen LogP contribution in [0, 0.1) is 0 Å². The van der Waals surface area contributed by atoms with Gasteiger partial charge in [0.1, 0.15) is 5.82 Å². The third kappa shape index (κ3) is 3.82. The highest BCUT2D eigenvalue weighted by Crippen LogP contribution is 2.45. The zero-order chi connectivity index (χ0) is 15.3. The van der Waals surface area contributed by atoms with E-state index in [1.54, 1.807) is 6.20 Å². The molecule has 0 radical (unpaired) electrons. The molecule has 0 saturated heterocycles. The lowest BCUT2D eigenvalue weighted by Gasteiger charge is -2.10. The quantitative estimate of drug-likeness (QED) is 0.888. The van der Waals surface area contributed by atoms with Crippen LogP contribution in [0.4, 0.5) is 5.82 Å². The normalized spacial score (nSPS) is 14.9. The molecule has 0 atom stereocenters. The first kappa shape index (κ1) is 15.5. The first-order valence-corrected chi connectivity index (χ1v) is 7.60. The number of nitrogens with zero attached hydrogens (tertiary/aromatic N) is 1. The average molecular weight is 284 g/mol. The molecule has 0 bridgehead atoms. The minimum Gasteiger partial charge on any atom is -0.385 e. The molecule has 1 heterocycles. The molecule has 3 nitrogen and oxygen atoms in total. The van der Waals surface area contributed by atoms with Crippen LogP contribution in [0.15, 0.2) is 42.6 Å². The van der Waals surface area contributed by atoms with Gasteiger partial charge in [0.15, 0.2) is 0 Å². The Kier molecular flexibility index (Phi) is 4.97. The van der Waals surface area contributed by atoms with Gasteiger partial charge in [-0.15, -0.1) is 0 Å². The molecule has 2 N–H and O–H groups in total. The van der Waals surface area contributed by atoms with Crippen LogP contribution in [0.25, 0.3) is 11.1 Å². The fraction of sp³-hybridized carbons (Fsp3) is 0.389. The Labute approximate surface area is 127 Å². The molecule has 112 valence electrons. The van der Waals surface area contributed by atoms with Gasteiger partial charge in [0.05, 0.1) is 5.60 Å². The van der Waals surface area contributed by atoms with Gasteiger partial charge in [0.25, 0.3) is 0 Å². The van der Waals surface area contributed by atoms with Gasteiger partial charge in [-0.1, -0.05) is 38.5 Å². The highest BCUT2D eigenvalue weighted by molar-refractivity contribution is 5.67. The van der Waals surface area contributed by atoms with Crippen molar-refractivity contribution >= 4 is 5.82 Å². The number of benzene rings is 1. The number of hydrogen-bond acceptors (Lipinski definition) is 3. The molecule has 21 heavy (non-hydrogen) atoms. The van der Waals surface area contributed by atoms with Crippen LogP contribution in [0.2, 0.25) is 0 Å². The van der Waals surface area contributed by atoms with Gasteiger partial charge in [-0.2, -0.15) is 0 Å². The van der Waals surface area contributed by atoms with Crippen molar-refractivity contribution in [3.63, 3.8) is 0 Å². The minimum atomic E-state index is -0.575. The first-order chi connectivity index (χ1) is 10.1. The molecule has 1 saturated carbocycles. The van der Waals surface area contributed by atoms with Crippen molar-refractivity contribution in [3.8, 4) is 11.1 Å². The summed E-state index contributed by atoms with van der Waals surface area (Å²) >= 11 is 0. The number of nitrogens with one attached hydrogen (secondary N) is 1. The SMILES string of the molecule is CCC.CNc1cc(-c2cccc(C3(O)CC3)c2)ccn1. The van der Waals surface area contributed by atoms with Crippen molar-refractivity contribution in [2.24, 2.45) is 0 Å². The van der Waals surface area contributed by atoms with Crippen LogP contribution >= 0.6 is 0 Å². The molecule has 3 heteroatoms.